The first-order valence-electron chi connectivity index (χ1n) is 2.49. The molecule has 1 amide bonds. The van der Waals surface area contributed by atoms with Crippen LogP contribution in [0.3, 0.4) is 0 Å². The van der Waals surface area contributed by atoms with Crippen LogP contribution in [-0.2, 0) is 0 Å². The molecule has 4 N–H and O–H groups in total. The first-order chi connectivity index (χ1) is 4.72. The zero-order valence-corrected chi connectivity index (χ0v) is 4.98. The summed E-state index contributed by atoms with van der Waals surface area (Å²) in [5.74, 6) is 5.29. The van der Waals surface area contributed by atoms with Crippen LogP contribution >= 0.6 is 0 Å². The maximum Gasteiger partial charge on any atom is 0.427 e. The first kappa shape index (κ1) is 6.56. The molecule has 1 aromatic rings. The van der Waals surface area contributed by atoms with Crippen LogP contribution in [0, 0.1) is 0 Å². The van der Waals surface area contributed by atoms with Crippen LogP contribution in [0.15, 0.2) is 12.3 Å². The fourth-order valence-electron chi connectivity index (χ4n) is 0.486. The minimum Gasteiger partial charge on any atom is -0.464 e. The molecule has 1 aromatic heterocycles. The molecule has 0 aliphatic carbocycles. The van der Waals surface area contributed by atoms with Crippen LogP contribution in [0.4, 0.5) is 10.6 Å². The summed E-state index contributed by atoms with van der Waals surface area (Å²) in [5, 5.41) is 14.8. The van der Waals surface area contributed by atoms with E-state index in [1.165, 1.54) is 12.3 Å². The van der Waals surface area contributed by atoms with E-state index in [9.17, 15) is 4.79 Å². The fourth-order valence-corrected chi connectivity index (χ4v) is 0.486. The minimum atomic E-state index is -1.23. The number of amides is 1. The third kappa shape index (κ3) is 1.06. The Morgan fingerprint density at radius 2 is 2.60 bits per heavy atom. The van der Waals surface area contributed by atoms with Crippen molar-refractivity contribution in [2.24, 2.45) is 5.84 Å². The second kappa shape index (κ2) is 2.36. The molecule has 1 rings (SSSR count). The van der Waals surface area contributed by atoms with Gasteiger partial charge in [0, 0.05) is 6.07 Å². The van der Waals surface area contributed by atoms with Gasteiger partial charge < -0.3 is 5.11 Å². The Balaban J connectivity index is 2.77. The number of rotatable bonds is 1. The largest absolute Gasteiger partial charge is 0.464 e. The average molecular weight is 142 g/mol. The lowest BCUT2D eigenvalue weighted by Crippen LogP contribution is -2.36. The Hall–Kier alpha value is -1.56. The van der Waals surface area contributed by atoms with E-state index in [0.717, 1.165) is 0 Å². The van der Waals surface area contributed by atoms with Gasteiger partial charge in [0.1, 0.15) is 5.82 Å². The Morgan fingerprint density at radius 1 is 1.90 bits per heavy atom. The fraction of sp³-hybridized carbons (Fsp3) is 0. The molecule has 0 saturated carbocycles. The number of anilines is 1. The smallest absolute Gasteiger partial charge is 0.427 e. The van der Waals surface area contributed by atoms with Gasteiger partial charge in [-0.05, 0) is 0 Å². The highest BCUT2D eigenvalue weighted by Crippen LogP contribution is 2.02. The summed E-state index contributed by atoms with van der Waals surface area (Å²) in [5.41, 5.74) is 0. The van der Waals surface area contributed by atoms with Crippen molar-refractivity contribution < 1.29 is 9.90 Å². The van der Waals surface area contributed by atoms with Gasteiger partial charge in [0.15, 0.2) is 0 Å². The number of aromatic amines is 1. The van der Waals surface area contributed by atoms with Gasteiger partial charge in [-0.15, -0.1) is 0 Å². The molecule has 0 unspecified atom stereocenters. The maximum absolute atomic E-state index is 10.2. The minimum absolute atomic E-state index is 0.243. The lowest BCUT2D eigenvalue weighted by Gasteiger charge is -2.07. The van der Waals surface area contributed by atoms with E-state index >= 15 is 0 Å². The SMILES string of the molecule is NN(C(=O)O)c1ccn[nH]1. The van der Waals surface area contributed by atoms with Gasteiger partial charge in [-0.3, -0.25) is 5.10 Å². The summed E-state index contributed by atoms with van der Waals surface area (Å²) < 4.78 is 0. The molecule has 0 radical (unpaired) electrons. The normalized spacial score (nSPS) is 9.30. The van der Waals surface area contributed by atoms with Crippen molar-refractivity contribution in [3.05, 3.63) is 12.3 Å². The summed E-state index contributed by atoms with van der Waals surface area (Å²) in [6.07, 6.45) is 0.183. The molecular weight excluding hydrogens is 136 g/mol. The Labute approximate surface area is 56.2 Å². The van der Waals surface area contributed by atoms with Crippen LogP contribution in [0.5, 0.6) is 0 Å². The van der Waals surface area contributed by atoms with E-state index in [2.05, 4.69) is 10.2 Å². The molecule has 0 bridgehead atoms. The Morgan fingerprint density at radius 3 is 3.00 bits per heavy atom. The number of carboxylic acid groups (broad SMARTS) is 1. The number of hydrogen-bond donors (Lipinski definition) is 3. The molecular formula is C4H6N4O2. The lowest BCUT2D eigenvalue weighted by molar-refractivity contribution is 0.201. The third-order valence-corrected chi connectivity index (χ3v) is 0.952. The van der Waals surface area contributed by atoms with Gasteiger partial charge in [0.2, 0.25) is 0 Å². The van der Waals surface area contributed by atoms with E-state index in [4.69, 9.17) is 10.9 Å². The van der Waals surface area contributed by atoms with Crippen molar-refractivity contribution in [1.82, 2.24) is 10.2 Å². The molecule has 1 heterocycles. The zero-order valence-electron chi connectivity index (χ0n) is 4.98. The molecule has 0 aliphatic heterocycles. The topological polar surface area (TPSA) is 95.2 Å². The summed E-state index contributed by atoms with van der Waals surface area (Å²) in [4.78, 5) is 10.2. The van der Waals surface area contributed by atoms with Gasteiger partial charge in [-0.2, -0.15) is 10.1 Å². The standard InChI is InChI=1S/C4H6N4O2/c5-8(4(9)10)3-1-2-6-7-3/h1-2H,5H2,(H,6,7)(H,9,10). The van der Waals surface area contributed by atoms with Crippen molar-refractivity contribution in [3.63, 3.8) is 0 Å². The van der Waals surface area contributed by atoms with E-state index in [0.29, 0.717) is 5.01 Å². The first-order valence-corrected chi connectivity index (χ1v) is 2.49. The third-order valence-electron chi connectivity index (χ3n) is 0.952. The molecule has 0 aromatic carbocycles. The number of nitrogens with zero attached hydrogens (tertiary/aromatic N) is 2. The molecule has 0 aliphatic rings. The van der Waals surface area contributed by atoms with Crippen LogP contribution < -0.4 is 10.9 Å². The van der Waals surface area contributed by atoms with Crippen molar-refractivity contribution in [1.29, 1.82) is 0 Å². The van der Waals surface area contributed by atoms with Crippen molar-refractivity contribution >= 4 is 11.9 Å². The van der Waals surface area contributed by atoms with Gasteiger partial charge in [-0.1, -0.05) is 0 Å². The summed E-state index contributed by atoms with van der Waals surface area (Å²) in [6, 6.07) is 1.45. The van der Waals surface area contributed by atoms with Gasteiger partial charge in [-0.25, -0.2) is 10.6 Å². The predicted molar refractivity (Wildman–Crippen MR) is 33.3 cm³/mol. The quantitative estimate of drug-likeness (QED) is 0.286. The van der Waals surface area contributed by atoms with Gasteiger partial charge in [0.05, 0.1) is 6.20 Å². The molecule has 0 saturated heterocycles. The van der Waals surface area contributed by atoms with Crippen molar-refractivity contribution in [2.75, 3.05) is 5.01 Å². The van der Waals surface area contributed by atoms with Gasteiger partial charge in [0.25, 0.3) is 0 Å². The number of hydrogen-bond acceptors (Lipinski definition) is 3. The molecule has 10 heavy (non-hydrogen) atoms. The van der Waals surface area contributed by atoms with E-state index < -0.39 is 6.09 Å². The van der Waals surface area contributed by atoms with E-state index in [1.54, 1.807) is 0 Å². The van der Waals surface area contributed by atoms with Gasteiger partial charge >= 0.3 is 6.09 Å². The number of H-pyrrole nitrogens is 1. The number of aromatic nitrogens is 2. The number of nitrogens with two attached hydrogens (primary N) is 1. The number of hydrazine groups is 1. The predicted octanol–water partition coefficient (Wildman–Crippen LogP) is -0.232. The highest BCUT2D eigenvalue weighted by Gasteiger charge is 2.08. The Kier molecular flexibility index (Phi) is 1.55. The second-order valence-corrected chi connectivity index (χ2v) is 1.59. The molecule has 6 heteroatoms. The van der Waals surface area contributed by atoms with Crippen LogP contribution in [0.2, 0.25) is 0 Å². The zero-order chi connectivity index (χ0) is 7.56. The monoisotopic (exact) mass is 142 g/mol. The summed E-state index contributed by atoms with van der Waals surface area (Å²) >= 11 is 0. The summed E-state index contributed by atoms with van der Waals surface area (Å²) in [7, 11) is 0. The molecule has 54 valence electrons. The average Bonchev–Trinajstić information content (AvgIpc) is 2.36. The highest BCUT2D eigenvalue weighted by atomic mass is 16.4. The van der Waals surface area contributed by atoms with Crippen LogP contribution in [0.1, 0.15) is 0 Å². The second-order valence-electron chi connectivity index (χ2n) is 1.59. The number of carbonyl (C=O) groups is 1. The maximum atomic E-state index is 10.2. The van der Waals surface area contributed by atoms with Crippen LogP contribution in [-0.4, -0.2) is 21.4 Å². The lowest BCUT2D eigenvalue weighted by atomic mass is 10.6. The van der Waals surface area contributed by atoms with E-state index in [-0.39, 0.29) is 5.82 Å². The molecule has 0 spiro atoms. The summed E-state index contributed by atoms with van der Waals surface area (Å²) in [6.45, 7) is 0. The van der Waals surface area contributed by atoms with Crippen LogP contribution in [0.25, 0.3) is 0 Å². The van der Waals surface area contributed by atoms with Crippen molar-refractivity contribution in [2.45, 2.75) is 0 Å². The highest BCUT2D eigenvalue weighted by molar-refractivity contribution is 5.82. The van der Waals surface area contributed by atoms with E-state index in [1.807, 2.05) is 0 Å². The Bertz CT molecular complexity index is 219. The number of nitrogens with one attached hydrogen (secondary N) is 1. The van der Waals surface area contributed by atoms with Crippen molar-refractivity contribution in [3.8, 4) is 0 Å². The molecule has 0 fully saturated rings. The molecule has 0 atom stereocenters. The molecule has 6 nitrogen and oxygen atoms in total.